The van der Waals surface area contributed by atoms with Gasteiger partial charge in [-0.15, -0.1) is 0 Å². The second-order valence-electron chi connectivity index (χ2n) is 6.49. The van der Waals surface area contributed by atoms with Crippen molar-refractivity contribution in [2.24, 2.45) is 5.16 Å². The Balaban J connectivity index is 1.99. The summed E-state index contributed by atoms with van der Waals surface area (Å²) in [6, 6.07) is 0. The molecule has 7 heteroatoms. The number of esters is 1. The van der Waals surface area contributed by atoms with Crippen molar-refractivity contribution in [1.82, 2.24) is 4.90 Å². The molecule has 2 rings (SSSR count). The number of ether oxygens (including phenoxy) is 2. The second-order valence-corrected chi connectivity index (χ2v) is 6.49. The number of oxime groups is 1. The monoisotopic (exact) mass is 298 g/mol. The first-order valence-corrected chi connectivity index (χ1v) is 7.06. The molecule has 0 aromatic heterocycles. The molecule has 0 bridgehead atoms. The number of likely N-dealkylation sites (tertiary alicyclic amines) is 1. The molecule has 7 nitrogen and oxygen atoms in total. The number of hydrogen-bond donors (Lipinski definition) is 0. The van der Waals surface area contributed by atoms with E-state index in [2.05, 4.69) is 9.89 Å². The summed E-state index contributed by atoms with van der Waals surface area (Å²) in [7, 11) is 1.31. The Kier molecular flexibility index (Phi) is 4.11. The van der Waals surface area contributed by atoms with Crippen molar-refractivity contribution >= 4 is 17.8 Å². The van der Waals surface area contributed by atoms with E-state index >= 15 is 0 Å². The molecular weight excluding hydrogens is 276 g/mol. The zero-order chi connectivity index (χ0) is 15.7. The van der Waals surface area contributed by atoms with Crippen molar-refractivity contribution in [3.8, 4) is 0 Å². The van der Waals surface area contributed by atoms with Crippen molar-refractivity contribution < 1.29 is 23.9 Å². The highest BCUT2D eigenvalue weighted by atomic mass is 16.7. The third kappa shape index (κ3) is 3.65. The van der Waals surface area contributed by atoms with Crippen molar-refractivity contribution in [3.63, 3.8) is 0 Å². The van der Waals surface area contributed by atoms with Gasteiger partial charge in [0.1, 0.15) is 5.60 Å². The summed E-state index contributed by atoms with van der Waals surface area (Å²) in [5, 5.41) is 3.82. The van der Waals surface area contributed by atoms with E-state index in [-0.39, 0.29) is 11.8 Å². The Morgan fingerprint density at radius 3 is 2.71 bits per heavy atom. The largest absolute Gasteiger partial charge is 0.464 e. The zero-order valence-electron chi connectivity index (χ0n) is 13.0. The maximum absolute atomic E-state index is 12.1. The fourth-order valence-electron chi connectivity index (χ4n) is 2.55. The molecule has 0 radical (unpaired) electrons. The molecule has 0 aromatic carbocycles. The van der Waals surface area contributed by atoms with Gasteiger partial charge in [0.2, 0.25) is 0 Å². The topological polar surface area (TPSA) is 77.4 Å². The second kappa shape index (κ2) is 5.54. The summed E-state index contributed by atoms with van der Waals surface area (Å²) in [6.45, 7) is 6.47. The lowest BCUT2D eigenvalue weighted by Crippen LogP contribution is -2.51. The number of piperidine rings is 1. The molecule has 0 aromatic rings. The molecule has 118 valence electrons. The fourth-order valence-corrected chi connectivity index (χ4v) is 2.55. The number of carbonyl (C=O) groups is 2. The van der Waals surface area contributed by atoms with Crippen LogP contribution in [0.4, 0.5) is 4.79 Å². The third-order valence-corrected chi connectivity index (χ3v) is 3.45. The van der Waals surface area contributed by atoms with Crippen LogP contribution in [0.1, 0.15) is 40.0 Å². The van der Waals surface area contributed by atoms with Crippen LogP contribution in [0, 0.1) is 0 Å². The van der Waals surface area contributed by atoms with Crippen LogP contribution in [0.3, 0.4) is 0 Å². The summed E-state index contributed by atoms with van der Waals surface area (Å²) in [5.74, 6) is -0.485. The molecule has 1 fully saturated rings. The predicted molar refractivity (Wildman–Crippen MR) is 74.9 cm³/mol. The lowest BCUT2D eigenvalue weighted by atomic mass is 9.88. The van der Waals surface area contributed by atoms with E-state index in [1.807, 2.05) is 20.8 Å². The first-order valence-electron chi connectivity index (χ1n) is 7.06. The van der Waals surface area contributed by atoms with Gasteiger partial charge in [0, 0.05) is 13.0 Å². The molecule has 2 aliphatic heterocycles. The van der Waals surface area contributed by atoms with Crippen LogP contribution in [-0.2, 0) is 19.1 Å². The van der Waals surface area contributed by atoms with Gasteiger partial charge in [-0.3, -0.25) is 0 Å². The molecule has 2 aliphatic rings. The average Bonchev–Trinajstić information content (AvgIpc) is 2.79. The lowest BCUT2D eigenvalue weighted by Gasteiger charge is -2.38. The maximum Gasteiger partial charge on any atom is 0.410 e. The van der Waals surface area contributed by atoms with E-state index in [1.54, 1.807) is 4.90 Å². The van der Waals surface area contributed by atoms with Crippen LogP contribution >= 0.6 is 0 Å². The molecule has 1 spiro atoms. The van der Waals surface area contributed by atoms with E-state index in [9.17, 15) is 9.59 Å². The van der Waals surface area contributed by atoms with Crippen LogP contribution in [0.25, 0.3) is 0 Å². The van der Waals surface area contributed by atoms with Gasteiger partial charge in [0.15, 0.2) is 11.3 Å². The van der Waals surface area contributed by atoms with Crippen LogP contribution in [-0.4, -0.2) is 54.1 Å². The predicted octanol–water partition coefficient (Wildman–Crippen LogP) is 1.71. The lowest BCUT2D eigenvalue weighted by molar-refractivity contribution is -0.132. The zero-order valence-corrected chi connectivity index (χ0v) is 13.0. The first-order chi connectivity index (χ1) is 9.75. The number of methoxy groups -OCH3 is 1. The minimum atomic E-state index is -0.626. The molecule has 0 saturated carbocycles. The Morgan fingerprint density at radius 1 is 1.38 bits per heavy atom. The van der Waals surface area contributed by atoms with Gasteiger partial charge < -0.3 is 19.2 Å². The fraction of sp³-hybridized carbons (Fsp3) is 0.786. The number of amides is 1. The minimum Gasteiger partial charge on any atom is -0.464 e. The number of carbonyl (C=O) groups excluding carboxylic acids is 2. The molecule has 0 aliphatic carbocycles. The van der Waals surface area contributed by atoms with Gasteiger partial charge in [-0.05, 0) is 33.6 Å². The van der Waals surface area contributed by atoms with Crippen molar-refractivity contribution in [1.29, 1.82) is 0 Å². The summed E-state index contributed by atoms with van der Waals surface area (Å²) in [4.78, 5) is 30.7. The third-order valence-electron chi connectivity index (χ3n) is 3.45. The summed E-state index contributed by atoms with van der Waals surface area (Å²) in [6.07, 6.45) is 1.52. The number of nitrogens with zero attached hydrogens (tertiary/aromatic N) is 2. The SMILES string of the molecule is COC(=O)C1=NOC2(CCCN(C(=O)OC(C)(C)C)C2)C1. The molecule has 0 N–H and O–H groups in total. The van der Waals surface area contributed by atoms with Gasteiger partial charge in [-0.1, -0.05) is 5.16 Å². The van der Waals surface area contributed by atoms with Crippen LogP contribution in [0.5, 0.6) is 0 Å². The molecule has 21 heavy (non-hydrogen) atoms. The van der Waals surface area contributed by atoms with Gasteiger partial charge in [-0.2, -0.15) is 0 Å². The van der Waals surface area contributed by atoms with Crippen LogP contribution in [0.2, 0.25) is 0 Å². The van der Waals surface area contributed by atoms with Crippen LogP contribution in [0.15, 0.2) is 5.16 Å². The van der Waals surface area contributed by atoms with E-state index in [0.717, 1.165) is 12.8 Å². The molecule has 2 heterocycles. The summed E-state index contributed by atoms with van der Waals surface area (Å²) in [5.41, 5.74) is -0.895. The maximum atomic E-state index is 12.1. The Bertz CT molecular complexity index is 468. The minimum absolute atomic E-state index is 0.267. The summed E-state index contributed by atoms with van der Waals surface area (Å²) >= 11 is 0. The quantitative estimate of drug-likeness (QED) is 0.689. The normalized spacial score (nSPS) is 25.3. The smallest absolute Gasteiger partial charge is 0.410 e. The Morgan fingerprint density at radius 2 is 2.10 bits per heavy atom. The van der Waals surface area contributed by atoms with Gasteiger partial charge in [-0.25, -0.2) is 9.59 Å². The Hall–Kier alpha value is -1.79. The van der Waals surface area contributed by atoms with E-state index in [0.29, 0.717) is 19.5 Å². The average molecular weight is 298 g/mol. The first kappa shape index (κ1) is 15.6. The molecule has 1 amide bonds. The molecule has 1 atom stereocenters. The summed E-state index contributed by atoms with van der Waals surface area (Å²) < 4.78 is 10.0. The van der Waals surface area contributed by atoms with E-state index in [1.165, 1.54) is 7.11 Å². The molecular formula is C14H22N2O5. The van der Waals surface area contributed by atoms with Gasteiger partial charge in [0.05, 0.1) is 13.7 Å². The van der Waals surface area contributed by atoms with Gasteiger partial charge >= 0.3 is 12.1 Å². The van der Waals surface area contributed by atoms with E-state index in [4.69, 9.17) is 9.57 Å². The number of hydrogen-bond acceptors (Lipinski definition) is 6. The molecule has 1 unspecified atom stereocenters. The highest BCUT2D eigenvalue weighted by molar-refractivity contribution is 6.36. The van der Waals surface area contributed by atoms with Crippen molar-refractivity contribution in [3.05, 3.63) is 0 Å². The standard InChI is InChI=1S/C14H22N2O5/c1-13(2,3)20-12(18)16-7-5-6-14(9-16)8-10(15-21-14)11(17)19-4/h5-9H2,1-4H3. The van der Waals surface area contributed by atoms with Gasteiger partial charge in [0.25, 0.3) is 0 Å². The highest BCUT2D eigenvalue weighted by Crippen LogP contribution is 2.34. The Labute approximate surface area is 124 Å². The number of rotatable bonds is 1. The van der Waals surface area contributed by atoms with Crippen LogP contribution < -0.4 is 0 Å². The van der Waals surface area contributed by atoms with E-state index < -0.39 is 17.2 Å². The molecule has 1 saturated heterocycles. The van der Waals surface area contributed by atoms with Crippen molar-refractivity contribution in [2.75, 3.05) is 20.2 Å². The highest BCUT2D eigenvalue weighted by Gasteiger charge is 2.46. The van der Waals surface area contributed by atoms with Crippen molar-refractivity contribution in [2.45, 2.75) is 51.2 Å².